The van der Waals surface area contributed by atoms with E-state index in [4.69, 9.17) is 9.47 Å². The molecule has 2 amide bonds. The molecule has 0 aliphatic carbocycles. The molecule has 1 saturated heterocycles. The molecular weight excluding hydrogens is 432 g/mol. The van der Waals surface area contributed by atoms with Crippen LogP contribution in [0.25, 0.3) is 0 Å². The van der Waals surface area contributed by atoms with Crippen molar-refractivity contribution in [1.29, 1.82) is 0 Å². The van der Waals surface area contributed by atoms with Crippen LogP contribution in [0.2, 0.25) is 0 Å². The van der Waals surface area contributed by atoms with Crippen LogP contribution < -0.4 is 15.0 Å². The molecule has 176 valence electrons. The Hall–Kier alpha value is -3.84. The van der Waals surface area contributed by atoms with Crippen LogP contribution in [-0.2, 0) is 11.3 Å². The fourth-order valence-corrected chi connectivity index (χ4v) is 3.91. The van der Waals surface area contributed by atoms with Crippen LogP contribution in [0.15, 0.2) is 78.9 Å². The minimum atomic E-state index is -0.712. The number of rotatable bonds is 9. The number of amides is 2. The molecule has 7 heteroatoms. The van der Waals surface area contributed by atoms with Crippen LogP contribution in [0.4, 0.5) is 10.5 Å². The van der Waals surface area contributed by atoms with Gasteiger partial charge in [-0.3, -0.25) is 9.69 Å². The van der Waals surface area contributed by atoms with Gasteiger partial charge in [0.2, 0.25) is 0 Å². The van der Waals surface area contributed by atoms with Crippen LogP contribution in [0.1, 0.15) is 40.9 Å². The summed E-state index contributed by atoms with van der Waals surface area (Å²) >= 11 is 0. The summed E-state index contributed by atoms with van der Waals surface area (Å²) in [4.78, 5) is 26.4. The second-order valence-electron chi connectivity index (χ2n) is 8.07. The predicted molar refractivity (Wildman–Crippen MR) is 129 cm³/mol. The van der Waals surface area contributed by atoms with E-state index in [0.29, 0.717) is 30.2 Å². The van der Waals surface area contributed by atoms with Gasteiger partial charge < -0.3 is 19.9 Å². The number of cyclic esters (lactones) is 1. The standard InChI is InChI=1S/C27H28N2O5/c1-2-16-28-26(31)21-8-12-22(13-9-21)29-25(24(17-30)34-27(29)32)20-10-14-23(15-11-20)33-18-19-6-4-3-5-7-19/h3-15,24-25,30H,2,16-18H2,1H3,(H,28,31)/t24-,25-/m1/s1. The molecule has 4 rings (SSSR count). The summed E-state index contributed by atoms with van der Waals surface area (Å²) in [5, 5.41) is 12.7. The minimum absolute atomic E-state index is 0.159. The van der Waals surface area contributed by atoms with Crippen molar-refractivity contribution < 1.29 is 24.2 Å². The summed E-state index contributed by atoms with van der Waals surface area (Å²) in [5.41, 5.74) is 2.98. The van der Waals surface area contributed by atoms with E-state index < -0.39 is 18.2 Å². The molecular formula is C27H28N2O5. The SMILES string of the molecule is CCCNC(=O)c1ccc(N2C(=O)O[C@H](CO)[C@H]2c2ccc(OCc3ccccc3)cc2)cc1. The van der Waals surface area contributed by atoms with E-state index in [1.54, 1.807) is 24.3 Å². The van der Waals surface area contributed by atoms with E-state index in [2.05, 4.69) is 5.32 Å². The molecule has 0 bridgehead atoms. The Balaban J connectivity index is 1.52. The molecule has 1 heterocycles. The van der Waals surface area contributed by atoms with Gasteiger partial charge in [-0.2, -0.15) is 0 Å². The van der Waals surface area contributed by atoms with Gasteiger partial charge in [0.25, 0.3) is 5.91 Å². The molecule has 0 aromatic heterocycles. The van der Waals surface area contributed by atoms with E-state index in [9.17, 15) is 14.7 Å². The Morgan fingerprint density at radius 1 is 1.03 bits per heavy atom. The van der Waals surface area contributed by atoms with Crippen molar-refractivity contribution in [2.75, 3.05) is 18.1 Å². The average molecular weight is 461 g/mol. The molecule has 0 unspecified atom stereocenters. The van der Waals surface area contributed by atoms with E-state index in [0.717, 1.165) is 17.5 Å². The number of carbonyl (C=O) groups excluding carboxylic acids is 2. The van der Waals surface area contributed by atoms with Crippen molar-refractivity contribution in [3.05, 3.63) is 95.6 Å². The maximum atomic E-state index is 12.7. The second kappa shape index (κ2) is 10.9. The molecule has 1 fully saturated rings. The molecule has 0 radical (unpaired) electrons. The Morgan fingerprint density at radius 2 is 1.74 bits per heavy atom. The van der Waals surface area contributed by atoms with E-state index in [1.165, 1.54) is 4.90 Å². The molecule has 2 N–H and O–H groups in total. The smallest absolute Gasteiger partial charge is 0.415 e. The van der Waals surface area contributed by atoms with E-state index in [1.807, 2.05) is 61.5 Å². The van der Waals surface area contributed by atoms with Gasteiger partial charge in [0.15, 0.2) is 6.10 Å². The molecule has 1 aliphatic rings. The predicted octanol–water partition coefficient (Wildman–Crippen LogP) is 4.46. The lowest BCUT2D eigenvalue weighted by Gasteiger charge is -2.25. The lowest BCUT2D eigenvalue weighted by Crippen LogP contribution is -2.30. The first-order valence-corrected chi connectivity index (χ1v) is 11.4. The summed E-state index contributed by atoms with van der Waals surface area (Å²) in [6.07, 6.45) is -0.406. The fraction of sp³-hybridized carbons (Fsp3) is 0.259. The van der Waals surface area contributed by atoms with Gasteiger partial charge in [0, 0.05) is 17.8 Å². The number of carbonyl (C=O) groups is 2. The molecule has 2 atom stereocenters. The second-order valence-corrected chi connectivity index (χ2v) is 8.07. The highest BCUT2D eigenvalue weighted by Gasteiger charge is 2.43. The lowest BCUT2D eigenvalue weighted by atomic mass is 10.00. The van der Waals surface area contributed by atoms with E-state index >= 15 is 0 Å². The van der Waals surface area contributed by atoms with Crippen molar-refractivity contribution in [2.24, 2.45) is 0 Å². The van der Waals surface area contributed by atoms with Crippen LogP contribution >= 0.6 is 0 Å². The first-order valence-electron chi connectivity index (χ1n) is 11.4. The van der Waals surface area contributed by atoms with Crippen LogP contribution in [0.5, 0.6) is 5.75 Å². The Labute approximate surface area is 198 Å². The number of anilines is 1. The molecule has 3 aromatic rings. The molecule has 1 aliphatic heterocycles. The highest BCUT2D eigenvalue weighted by molar-refractivity contribution is 5.96. The van der Waals surface area contributed by atoms with Crippen molar-refractivity contribution >= 4 is 17.7 Å². The maximum Gasteiger partial charge on any atom is 0.415 e. The number of aliphatic hydroxyl groups excluding tert-OH is 1. The van der Waals surface area contributed by atoms with Crippen molar-refractivity contribution in [3.8, 4) is 5.75 Å². The number of nitrogens with zero attached hydrogens (tertiary/aromatic N) is 1. The minimum Gasteiger partial charge on any atom is -0.489 e. The Bertz CT molecular complexity index is 1100. The first kappa shape index (κ1) is 23.3. The molecule has 0 saturated carbocycles. The quantitative estimate of drug-likeness (QED) is 0.492. The zero-order valence-corrected chi connectivity index (χ0v) is 19.0. The molecule has 3 aromatic carbocycles. The van der Waals surface area contributed by atoms with Gasteiger partial charge in [-0.15, -0.1) is 0 Å². The summed E-state index contributed by atoms with van der Waals surface area (Å²) in [6.45, 7) is 2.73. The first-order chi connectivity index (χ1) is 16.6. The number of ether oxygens (including phenoxy) is 2. The fourth-order valence-electron chi connectivity index (χ4n) is 3.91. The van der Waals surface area contributed by atoms with Gasteiger partial charge in [-0.25, -0.2) is 4.79 Å². The van der Waals surface area contributed by atoms with Gasteiger partial charge in [-0.1, -0.05) is 49.4 Å². The monoisotopic (exact) mass is 460 g/mol. The number of benzene rings is 3. The highest BCUT2D eigenvalue weighted by Crippen LogP contribution is 2.38. The lowest BCUT2D eigenvalue weighted by molar-refractivity contribution is 0.0829. The Morgan fingerprint density at radius 3 is 2.38 bits per heavy atom. The number of hydrogen-bond acceptors (Lipinski definition) is 5. The van der Waals surface area contributed by atoms with Crippen molar-refractivity contribution in [1.82, 2.24) is 5.32 Å². The van der Waals surface area contributed by atoms with Gasteiger partial charge in [0.1, 0.15) is 18.4 Å². The average Bonchev–Trinajstić information content (AvgIpc) is 3.23. The zero-order chi connectivity index (χ0) is 23.9. The van der Waals surface area contributed by atoms with Crippen LogP contribution in [-0.4, -0.2) is 36.4 Å². The molecule has 34 heavy (non-hydrogen) atoms. The van der Waals surface area contributed by atoms with Crippen LogP contribution in [0.3, 0.4) is 0 Å². The zero-order valence-electron chi connectivity index (χ0n) is 19.0. The Kier molecular flexibility index (Phi) is 7.44. The van der Waals surface area contributed by atoms with Crippen molar-refractivity contribution in [2.45, 2.75) is 32.1 Å². The summed E-state index contributed by atoms with van der Waals surface area (Å²) in [7, 11) is 0. The number of hydrogen-bond donors (Lipinski definition) is 2. The summed E-state index contributed by atoms with van der Waals surface area (Å²) in [6, 6.07) is 23.6. The van der Waals surface area contributed by atoms with Gasteiger partial charge in [-0.05, 0) is 53.9 Å². The summed E-state index contributed by atoms with van der Waals surface area (Å²) in [5.74, 6) is 0.542. The van der Waals surface area contributed by atoms with Crippen molar-refractivity contribution in [3.63, 3.8) is 0 Å². The van der Waals surface area contributed by atoms with Gasteiger partial charge >= 0.3 is 6.09 Å². The largest absolute Gasteiger partial charge is 0.489 e. The van der Waals surface area contributed by atoms with E-state index in [-0.39, 0.29) is 12.5 Å². The third-order valence-corrected chi connectivity index (χ3v) is 5.67. The van der Waals surface area contributed by atoms with Crippen LogP contribution in [0, 0.1) is 0 Å². The highest BCUT2D eigenvalue weighted by atomic mass is 16.6. The third-order valence-electron chi connectivity index (χ3n) is 5.67. The normalized spacial score (nSPS) is 17.4. The number of nitrogens with one attached hydrogen (secondary N) is 1. The molecule has 0 spiro atoms. The van der Waals surface area contributed by atoms with Gasteiger partial charge in [0.05, 0.1) is 6.61 Å². The maximum absolute atomic E-state index is 12.7. The third kappa shape index (κ3) is 5.21. The summed E-state index contributed by atoms with van der Waals surface area (Å²) < 4.78 is 11.3. The topological polar surface area (TPSA) is 88.1 Å². The molecule has 7 nitrogen and oxygen atoms in total. The number of aliphatic hydroxyl groups is 1.